The maximum absolute atomic E-state index is 10.8. The lowest BCUT2D eigenvalue weighted by atomic mass is 10.2. The van der Waals surface area contributed by atoms with Crippen LogP contribution in [0.3, 0.4) is 0 Å². The number of hydrogen-bond acceptors (Lipinski definition) is 4. The Labute approximate surface area is 70.5 Å². The largest absolute Gasteiger partial charge is 0.378 e. The second kappa shape index (κ2) is 4.18. The Morgan fingerprint density at radius 2 is 2.50 bits per heavy atom. The summed E-state index contributed by atoms with van der Waals surface area (Å²) in [6, 6.07) is -0.441. The Morgan fingerprint density at radius 3 is 3.08 bits per heavy atom. The number of carbonyl (C=O) groups excluding carboxylic acids is 2. The van der Waals surface area contributed by atoms with Crippen molar-refractivity contribution in [3.05, 3.63) is 0 Å². The van der Waals surface area contributed by atoms with Crippen molar-refractivity contribution in [3.63, 3.8) is 0 Å². The third-order valence-corrected chi connectivity index (χ3v) is 1.88. The summed E-state index contributed by atoms with van der Waals surface area (Å²) < 4.78 is 5.06. The van der Waals surface area contributed by atoms with Gasteiger partial charge in [-0.2, -0.15) is 0 Å². The molecule has 2 N–H and O–H groups in total. The van der Waals surface area contributed by atoms with Crippen molar-refractivity contribution in [2.75, 3.05) is 26.3 Å². The lowest BCUT2D eigenvalue weighted by Crippen LogP contribution is -2.52. The first-order valence-electron chi connectivity index (χ1n) is 3.80. The molecule has 68 valence electrons. The Hall–Kier alpha value is -0.940. The highest BCUT2D eigenvalue weighted by atomic mass is 16.5. The molecule has 0 bridgehead atoms. The molecule has 1 rings (SSSR count). The first kappa shape index (κ1) is 9.15. The number of rotatable bonds is 3. The van der Waals surface area contributed by atoms with Crippen LogP contribution in [-0.4, -0.2) is 49.4 Å². The lowest BCUT2D eigenvalue weighted by Gasteiger charge is -2.31. The smallest absolute Gasteiger partial charge is 0.237 e. The molecule has 0 spiro atoms. The molecule has 0 aliphatic carbocycles. The summed E-state index contributed by atoms with van der Waals surface area (Å²) in [6.07, 6.45) is 0.765. The summed E-state index contributed by atoms with van der Waals surface area (Å²) in [7, 11) is 0. The zero-order chi connectivity index (χ0) is 8.97. The van der Waals surface area contributed by atoms with E-state index in [2.05, 4.69) is 0 Å². The van der Waals surface area contributed by atoms with Crippen LogP contribution in [0.15, 0.2) is 0 Å². The minimum Gasteiger partial charge on any atom is -0.378 e. The molecular weight excluding hydrogens is 160 g/mol. The predicted octanol–water partition coefficient (Wildman–Crippen LogP) is -1.63. The van der Waals surface area contributed by atoms with Gasteiger partial charge in [0.05, 0.1) is 19.8 Å². The molecule has 1 unspecified atom stereocenters. The van der Waals surface area contributed by atoms with Crippen molar-refractivity contribution in [1.29, 1.82) is 0 Å². The van der Waals surface area contributed by atoms with Crippen molar-refractivity contribution in [1.82, 2.24) is 4.90 Å². The fourth-order valence-corrected chi connectivity index (χ4v) is 1.21. The molecule has 0 saturated carbocycles. The highest BCUT2D eigenvalue weighted by molar-refractivity contribution is 5.80. The maximum Gasteiger partial charge on any atom is 0.237 e. The van der Waals surface area contributed by atoms with Gasteiger partial charge < -0.3 is 15.3 Å². The summed E-state index contributed by atoms with van der Waals surface area (Å²) in [4.78, 5) is 22.8. The van der Waals surface area contributed by atoms with Gasteiger partial charge in [0.1, 0.15) is 12.3 Å². The zero-order valence-corrected chi connectivity index (χ0v) is 6.73. The third kappa shape index (κ3) is 2.02. The fourth-order valence-electron chi connectivity index (χ4n) is 1.21. The summed E-state index contributed by atoms with van der Waals surface area (Å²) in [5.41, 5.74) is 5.11. The molecular formula is C7H12N2O3. The van der Waals surface area contributed by atoms with Crippen LogP contribution in [0.25, 0.3) is 0 Å². The average Bonchev–Trinajstić information content (AvgIpc) is 2.05. The molecule has 1 saturated heterocycles. The van der Waals surface area contributed by atoms with E-state index < -0.39 is 11.9 Å². The Morgan fingerprint density at radius 1 is 1.75 bits per heavy atom. The van der Waals surface area contributed by atoms with Crippen LogP contribution < -0.4 is 5.73 Å². The van der Waals surface area contributed by atoms with Gasteiger partial charge in [-0.05, 0) is 0 Å². The molecule has 0 radical (unpaired) electrons. The SMILES string of the molecule is NC(=O)C1COCCN1CC=O. The summed E-state index contributed by atoms with van der Waals surface area (Å²) in [5.74, 6) is -0.434. The molecule has 1 aliphatic heterocycles. The Bertz CT molecular complexity index is 183. The Kier molecular flexibility index (Phi) is 3.19. The first-order chi connectivity index (χ1) is 5.75. The minimum absolute atomic E-state index is 0.247. The molecule has 0 aromatic heterocycles. The van der Waals surface area contributed by atoms with Gasteiger partial charge in [-0.25, -0.2) is 0 Å². The van der Waals surface area contributed by atoms with Crippen molar-refractivity contribution in [2.24, 2.45) is 5.73 Å². The molecule has 1 amide bonds. The number of carbonyl (C=O) groups is 2. The van der Waals surface area contributed by atoms with Crippen LogP contribution in [0.2, 0.25) is 0 Å². The van der Waals surface area contributed by atoms with E-state index in [1.807, 2.05) is 0 Å². The molecule has 5 heteroatoms. The van der Waals surface area contributed by atoms with E-state index in [-0.39, 0.29) is 6.54 Å². The normalized spacial score (nSPS) is 25.2. The number of nitrogens with zero attached hydrogens (tertiary/aromatic N) is 1. The molecule has 5 nitrogen and oxygen atoms in total. The quantitative estimate of drug-likeness (QED) is 0.519. The van der Waals surface area contributed by atoms with E-state index in [1.165, 1.54) is 0 Å². The second-order valence-electron chi connectivity index (χ2n) is 2.65. The van der Waals surface area contributed by atoms with E-state index in [0.717, 1.165) is 6.29 Å². The van der Waals surface area contributed by atoms with Gasteiger partial charge in [-0.3, -0.25) is 9.69 Å². The molecule has 12 heavy (non-hydrogen) atoms. The number of morpholine rings is 1. The fraction of sp³-hybridized carbons (Fsp3) is 0.714. The number of amides is 1. The minimum atomic E-state index is -0.441. The van der Waals surface area contributed by atoms with Gasteiger partial charge in [0.15, 0.2) is 0 Å². The standard InChI is InChI=1S/C7H12N2O3/c8-7(11)6-5-12-4-2-9(6)1-3-10/h3,6H,1-2,4-5H2,(H2,8,11). The summed E-state index contributed by atoms with van der Waals surface area (Å²) in [6.45, 7) is 1.68. The van der Waals surface area contributed by atoms with Crippen LogP contribution in [0.5, 0.6) is 0 Å². The van der Waals surface area contributed by atoms with Crippen molar-refractivity contribution in [3.8, 4) is 0 Å². The number of ether oxygens (including phenoxy) is 1. The molecule has 1 aliphatic rings. The van der Waals surface area contributed by atoms with E-state index >= 15 is 0 Å². The molecule has 1 atom stereocenters. The lowest BCUT2D eigenvalue weighted by molar-refractivity contribution is -0.130. The number of hydrogen-bond donors (Lipinski definition) is 1. The molecule has 1 heterocycles. The van der Waals surface area contributed by atoms with Crippen molar-refractivity contribution < 1.29 is 14.3 Å². The summed E-state index contributed by atoms with van der Waals surface area (Å²) >= 11 is 0. The van der Waals surface area contributed by atoms with Gasteiger partial charge in [0, 0.05) is 6.54 Å². The van der Waals surface area contributed by atoms with Crippen molar-refractivity contribution in [2.45, 2.75) is 6.04 Å². The van der Waals surface area contributed by atoms with Crippen LogP contribution in [0.4, 0.5) is 0 Å². The van der Waals surface area contributed by atoms with Gasteiger partial charge >= 0.3 is 0 Å². The van der Waals surface area contributed by atoms with Crippen LogP contribution in [-0.2, 0) is 14.3 Å². The maximum atomic E-state index is 10.8. The van der Waals surface area contributed by atoms with Gasteiger partial charge in [-0.1, -0.05) is 0 Å². The second-order valence-corrected chi connectivity index (χ2v) is 2.65. The highest BCUT2D eigenvalue weighted by Gasteiger charge is 2.26. The number of nitrogens with two attached hydrogens (primary N) is 1. The predicted molar refractivity (Wildman–Crippen MR) is 41.4 cm³/mol. The molecule has 0 aromatic rings. The van der Waals surface area contributed by atoms with Crippen molar-refractivity contribution >= 4 is 12.2 Å². The number of primary amides is 1. The van der Waals surface area contributed by atoms with E-state index in [1.54, 1.807) is 4.90 Å². The summed E-state index contributed by atoms with van der Waals surface area (Å²) in [5, 5.41) is 0. The molecule has 1 fully saturated rings. The average molecular weight is 172 g/mol. The van der Waals surface area contributed by atoms with Crippen LogP contribution >= 0.6 is 0 Å². The topological polar surface area (TPSA) is 72.6 Å². The van der Waals surface area contributed by atoms with Gasteiger partial charge in [-0.15, -0.1) is 0 Å². The first-order valence-corrected chi connectivity index (χ1v) is 3.80. The van der Waals surface area contributed by atoms with E-state index in [0.29, 0.717) is 19.8 Å². The molecule has 0 aromatic carbocycles. The zero-order valence-electron chi connectivity index (χ0n) is 6.73. The van der Waals surface area contributed by atoms with Gasteiger partial charge in [0.25, 0.3) is 0 Å². The number of aldehydes is 1. The van der Waals surface area contributed by atoms with Crippen LogP contribution in [0.1, 0.15) is 0 Å². The van der Waals surface area contributed by atoms with Gasteiger partial charge in [0.2, 0.25) is 5.91 Å². The highest BCUT2D eigenvalue weighted by Crippen LogP contribution is 2.04. The monoisotopic (exact) mass is 172 g/mol. The van der Waals surface area contributed by atoms with Crippen LogP contribution in [0, 0.1) is 0 Å². The van der Waals surface area contributed by atoms with E-state index in [4.69, 9.17) is 10.5 Å². The third-order valence-electron chi connectivity index (χ3n) is 1.88. The Balaban J connectivity index is 2.53. The van der Waals surface area contributed by atoms with E-state index in [9.17, 15) is 9.59 Å².